The lowest BCUT2D eigenvalue weighted by atomic mass is 10.4. The molecule has 0 radical (unpaired) electrons. The number of carbonyl (C=O) groups excluding carboxylic acids is 1. The van der Waals surface area contributed by atoms with Crippen LogP contribution in [-0.4, -0.2) is 32.9 Å². The van der Waals surface area contributed by atoms with Gasteiger partial charge in [0.15, 0.2) is 0 Å². The average molecular weight is 254 g/mol. The zero-order valence-electron chi connectivity index (χ0n) is 8.97. The lowest BCUT2D eigenvalue weighted by molar-refractivity contribution is -0.119. The lowest BCUT2D eigenvalue weighted by Gasteiger charge is -2.05. The van der Waals surface area contributed by atoms with E-state index in [1.165, 1.54) is 19.2 Å². The van der Waals surface area contributed by atoms with Gasteiger partial charge < -0.3 is 5.32 Å². The number of nitrogens with zero attached hydrogens (tertiary/aromatic N) is 2. The third-order valence-corrected chi connectivity index (χ3v) is 3.25. The molecule has 90 valence electrons. The molecule has 7 nitrogen and oxygen atoms in total. The number of carbonyl (C=O) groups is 1. The van der Waals surface area contributed by atoms with Crippen LogP contribution in [-0.2, 0) is 14.8 Å². The second-order valence-electron chi connectivity index (χ2n) is 2.99. The first-order valence-electron chi connectivity index (χ1n) is 4.56. The summed E-state index contributed by atoms with van der Waals surface area (Å²) in [5.41, 5.74) is 0.121. The van der Waals surface area contributed by atoms with Crippen LogP contribution in [0.2, 0.25) is 0 Å². The standard InChI is InChI=1S/C9H10N4O3S/c1-11-9(14)6-13-17(15,16)8-3-2-7(4-10)12-5-8/h2-3,5,13H,6H2,1H3,(H,11,14). The van der Waals surface area contributed by atoms with Crippen molar-refractivity contribution in [3.8, 4) is 6.07 Å². The summed E-state index contributed by atoms with van der Waals surface area (Å²) in [5.74, 6) is -0.449. The number of pyridine rings is 1. The number of aromatic nitrogens is 1. The van der Waals surface area contributed by atoms with E-state index in [4.69, 9.17) is 5.26 Å². The van der Waals surface area contributed by atoms with Crippen LogP contribution < -0.4 is 10.0 Å². The SMILES string of the molecule is CNC(=O)CNS(=O)(=O)c1ccc(C#N)nc1. The monoisotopic (exact) mass is 254 g/mol. The summed E-state index contributed by atoms with van der Waals surface area (Å²) in [7, 11) is -2.37. The molecule has 1 heterocycles. The van der Waals surface area contributed by atoms with Gasteiger partial charge in [-0.15, -0.1) is 0 Å². The Morgan fingerprint density at radius 2 is 2.24 bits per heavy atom. The predicted molar refractivity (Wildman–Crippen MR) is 58.2 cm³/mol. The molecule has 0 aliphatic rings. The predicted octanol–water partition coefficient (Wildman–Crippen LogP) is -1.02. The molecule has 0 bridgehead atoms. The molecule has 0 unspecified atom stereocenters. The van der Waals surface area contributed by atoms with Gasteiger partial charge in [-0.2, -0.15) is 5.26 Å². The first kappa shape index (κ1) is 13.1. The van der Waals surface area contributed by atoms with Crippen molar-refractivity contribution in [1.29, 1.82) is 5.26 Å². The molecule has 1 rings (SSSR count). The number of amides is 1. The molecule has 0 fully saturated rings. The summed E-state index contributed by atoms with van der Waals surface area (Å²) in [6.45, 7) is -0.348. The number of likely N-dealkylation sites (N-methyl/N-ethyl adjacent to an activating group) is 1. The normalized spacial score (nSPS) is 10.6. The molecule has 8 heteroatoms. The Bertz CT molecular complexity index is 545. The van der Waals surface area contributed by atoms with E-state index in [0.29, 0.717) is 0 Å². The molecule has 0 aromatic carbocycles. The molecule has 0 saturated heterocycles. The van der Waals surface area contributed by atoms with Gasteiger partial charge in [0.05, 0.1) is 6.54 Å². The number of sulfonamides is 1. The van der Waals surface area contributed by atoms with Crippen LogP contribution in [0.3, 0.4) is 0 Å². The molecule has 0 atom stereocenters. The average Bonchev–Trinajstić information content (AvgIpc) is 2.36. The molecule has 17 heavy (non-hydrogen) atoms. The second-order valence-corrected chi connectivity index (χ2v) is 4.76. The van der Waals surface area contributed by atoms with Crippen LogP contribution in [0.25, 0.3) is 0 Å². The van der Waals surface area contributed by atoms with Gasteiger partial charge in [0, 0.05) is 13.2 Å². The molecule has 1 amide bonds. The van der Waals surface area contributed by atoms with Gasteiger partial charge in [0.1, 0.15) is 16.7 Å². The van der Waals surface area contributed by atoms with E-state index in [9.17, 15) is 13.2 Å². The fourth-order valence-corrected chi connectivity index (χ4v) is 1.86. The van der Waals surface area contributed by atoms with Gasteiger partial charge in [-0.1, -0.05) is 0 Å². The highest BCUT2D eigenvalue weighted by molar-refractivity contribution is 7.89. The Balaban J connectivity index is 2.83. The fourth-order valence-electron chi connectivity index (χ4n) is 0.938. The molecular formula is C9H10N4O3S. The first-order valence-corrected chi connectivity index (χ1v) is 6.04. The van der Waals surface area contributed by atoms with Crippen molar-refractivity contribution in [3.05, 3.63) is 24.0 Å². The molecule has 0 aliphatic heterocycles. The van der Waals surface area contributed by atoms with Crippen molar-refractivity contribution >= 4 is 15.9 Å². The zero-order valence-corrected chi connectivity index (χ0v) is 9.78. The van der Waals surface area contributed by atoms with E-state index in [2.05, 4.69) is 15.0 Å². The summed E-state index contributed by atoms with van der Waals surface area (Å²) in [6.07, 6.45) is 1.06. The number of nitriles is 1. The van der Waals surface area contributed by atoms with Gasteiger partial charge >= 0.3 is 0 Å². The van der Waals surface area contributed by atoms with Crippen molar-refractivity contribution < 1.29 is 13.2 Å². The van der Waals surface area contributed by atoms with Crippen molar-refractivity contribution in [3.63, 3.8) is 0 Å². The molecule has 1 aromatic rings. The highest BCUT2D eigenvalue weighted by Gasteiger charge is 2.15. The maximum Gasteiger partial charge on any atom is 0.242 e. The Kier molecular flexibility index (Phi) is 4.14. The minimum Gasteiger partial charge on any atom is -0.358 e. The van der Waals surface area contributed by atoms with E-state index >= 15 is 0 Å². The minimum atomic E-state index is -3.77. The maximum absolute atomic E-state index is 11.6. The van der Waals surface area contributed by atoms with Gasteiger partial charge in [0.25, 0.3) is 0 Å². The van der Waals surface area contributed by atoms with Gasteiger partial charge in [-0.25, -0.2) is 18.1 Å². The molecule has 1 aromatic heterocycles. The van der Waals surface area contributed by atoms with Crippen molar-refractivity contribution in [1.82, 2.24) is 15.0 Å². The summed E-state index contributed by atoms with van der Waals surface area (Å²) in [6, 6.07) is 4.31. The maximum atomic E-state index is 11.6. The van der Waals surface area contributed by atoms with Crippen LogP contribution in [0.5, 0.6) is 0 Å². The van der Waals surface area contributed by atoms with Gasteiger partial charge in [-0.3, -0.25) is 4.79 Å². The number of hydrogen-bond donors (Lipinski definition) is 2. The third-order valence-electron chi connectivity index (χ3n) is 1.86. The molecule has 0 aliphatic carbocycles. The Morgan fingerprint density at radius 1 is 1.53 bits per heavy atom. The first-order chi connectivity index (χ1) is 7.99. The van der Waals surface area contributed by atoms with Gasteiger partial charge in [-0.05, 0) is 12.1 Å². The Labute approximate surface area is 98.5 Å². The molecular weight excluding hydrogens is 244 g/mol. The van der Waals surface area contributed by atoms with E-state index in [1.807, 2.05) is 0 Å². The van der Waals surface area contributed by atoms with E-state index < -0.39 is 15.9 Å². The quantitative estimate of drug-likeness (QED) is 0.714. The number of hydrogen-bond acceptors (Lipinski definition) is 5. The summed E-state index contributed by atoms with van der Waals surface area (Å²) >= 11 is 0. The topological polar surface area (TPSA) is 112 Å². The van der Waals surface area contributed by atoms with E-state index in [-0.39, 0.29) is 17.1 Å². The number of rotatable bonds is 4. The zero-order chi connectivity index (χ0) is 12.9. The van der Waals surface area contributed by atoms with Gasteiger partial charge in [0.2, 0.25) is 15.9 Å². The summed E-state index contributed by atoms with van der Waals surface area (Å²) in [5, 5.41) is 10.8. The fraction of sp³-hybridized carbons (Fsp3) is 0.222. The Hall–Kier alpha value is -1.98. The van der Waals surface area contributed by atoms with Crippen LogP contribution in [0.4, 0.5) is 0 Å². The van der Waals surface area contributed by atoms with Crippen LogP contribution in [0, 0.1) is 11.3 Å². The summed E-state index contributed by atoms with van der Waals surface area (Å²) in [4.78, 5) is 14.4. The van der Waals surface area contributed by atoms with E-state index in [0.717, 1.165) is 6.20 Å². The minimum absolute atomic E-state index is 0.0968. The van der Waals surface area contributed by atoms with Crippen LogP contribution >= 0.6 is 0 Å². The summed E-state index contributed by atoms with van der Waals surface area (Å²) < 4.78 is 25.4. The second kappa shape index (κ2) is 5.38. The largest absolute Gasteiger partial charge is 0.358 e. The van der Waals surface area contributed by atoms with Crippen LogP contribution in [0.1, 0.15) is 5.69 Å². The lowest BCUT2D eigenvalue weighted by Crippen LogP contribution is -2.35. The smallest absolute Gasteiger partial charge is 0.242 e. The Morgan fingerprint density at radius 3 is 2.71 bits per heavy atom. The van der Waals surface area contributed by atoms with Crippen molar-refractivity contribution in [2.24, 2.45) is 0 Å². The molecule has 2 N–H and O–H groups in total. The highest BCUT2D eigenvalue weighted by Crippen LogP contribution is 2.06. The van der Waals surface area contributed by atoms with Crippen molar-refractivity contribution in [2.45, 2.75) is 4.90 Å². The van der Waals surface area contributed by atoms with Crippen LogP contribution in [0.15, 0.2) is 23.2 Å². The molecule has 0 spiro atoms. The molecule has 0 saturated carbocycles. The van der Waals surface area contributed by atoms with E-state index in [1.54, 1.807) is 6.07 Å². The third kappa shape index (κ3) is 3.51. The highest BCUT2D eigenvalue weighted by atomic mass is 32.2. The van der Waals surface area contributed by atoms with Crippen molar-refractivity contribution in [2.75, 3.05) is 13.6 Å². The number of nitrogens with one attached hydrogen (secondary N) is 2.